The molecule has 63 heavy (non-hydrogen) atoms. The van der Waals surface area contributed by atoms with Gasteiger partial charge in [0.1, 0.15) is 42.1 Å². The van der Waals surface area contributed by atoms with E-state index >= 15 is 4.79 Å². The highest BCUT2D eigenvalue weighted by atomic mass is 16.6. The second kappa shape index (κ2) is 14.0. The zero-order valence-corrected chi connectivity index (χ0v) is 36.9. The quantitative estimate of drug-likeness (QED) is 0.0927. The van der Waals surface area contributed by atoms with Crippen LogP contribution in [0.15, 0.2) is 78.9 Å². The number of carbonyl (C=O) groups excluding carboxylic acids is 2. The highest BCUT2D eigenvalue weighted by molar-refractivity contribution is 5.90. The Morgan fingerprint density at radius 1 is 1.02 bits per heavy atom. The average molecular weight is 861 g/mol. The predicted molar refractivity (Wildman–Crippen MR) is 235 cm³/mol. The number of hydrogen-bond acceptors (Lipinski definition) is 12. The van der Waals surface area contributed by atoms with Crippen LogP contribution >= 0.6 is 0 Å². The molecule has 1 aliphatic carbocycles. The molecule has 3 aromatic rings. The molecule has 8 aliphatic rings. The standard InChI is InChI=1S/C50H60N4O9/c1-6-46-19-13-21-53-22-20-48(41(46)53)34-24-35(38(60-4)25-37(34)52(3)42(48)50(58,43(46)55)45(57)62-28-30-14-9-8-10-15-30)49(44(56)61-5)26-31-27-54(59,29-47(7-2)40(31)63-47)23-18-33-32-16-11-12-17-36(32)51-39(33)49/h8-17,19,24-25,31,33,39-43,51,55,58H,6-7,18,20-23,26-29H2,1-5H3/t31?,33?,39?,40?,41-,42+,43+,46+,47?,48+,49+,50-,54?/m1/s1. The molecule has 13 nitrogen and oxygen atoms in total. The summed E-state index contributed by atoms with van der Waals surface area (Å²) >= 11 is 0. The van der Waals surface area contributed by atoms with Crippen molar-refractivity contribution in [2.45, 2.75) is 111 Å². The number of rotatable bonds is 8. The molecule has 6 unspecified atom stereocenters. The number of methoxy groups -OCH3 is 2. The van der Waals surface area contributed by atoms with Gasteiger partial charge in [0.25, 0.3) is 0 Å². The van der Waals surface area contributed by atoms with Crippen LogP contribution in [0.3, 0.4) is 0 Å². The molecule has 0 radical (unpaired) electrons. The van der Waals surface area contributed by atoms with Crippen LogP contribution in [0, 0.1) is 16.5 Å². The maximum absolute atomic E-state index is 15.5. The van der Waals surface area contributed by atoms with Gasteiger partial charge in [0.2, 0.25) is 5.60 Å². The maximum Gasteiger partial charge on any atom is 0.343 e. The number of ether oxygens (including phenoxy) is 4. The monoisotopic (exact) mass is 860 g/mol. The number of para-hydroxylation sites is 1. The topological polar surface area (TPSA) is 156 Å². The third-order valence-electron chi connectivity index (χ3n) is 17.6. The predicted octanol–water partition coefficient (Wildman–Crippen LogP) is 4.92. The number of esters is 2. The van der Waals surface area contributed by atoms with Gasteiger partial charge in [-0.1, -0.05) is 74.5 Å². The van der Waals surface area contributed by atoms with E-state index in [9.17, 15) is 20.2 Å². The van der Waals surface area contributed by atoms with E-state index < -0.39 is 57.6 Å². The van der Waals surface area contributed by atoms with Crippen molar-refractivity contribution >= 4 is 23.3 Å². The van der Waals surface area contributed by atoms with Crippen LogP contribution in [0.1, 0.15) is 74.1 Å². The van der Waals surface area contributed by atoms with E-state index in [0.717, 1.165) is 28.1 Å². The summed E-state index contributed by atoms with van der Waals surface area (Å²) in [6.45, 7) is 6.47. The number of fused-ring (bicyclic) bond motifs is 8. The Bertz CT molecular complexity index is 2400. The molecule has 334 valence electrons. The smallest absolute Gasteiger partial charge is 0.343 e. The van der Waals surface area contributed by atoms with Crippen LogP contribution < -0.4 is 15.0 Å². The van der Waals surface area contributed by atoms with Crippen molar-refractivity contribution in [1.29, 1.82) is 0 Å². The fourth-order valence-electron chi connectivity index (χ4n) is 15.0. The molecule has 2 bridgehead atoms. The zero-order chi connectivity index (χ0) is 43.9. The number of hydroxylamine groups is 3. The van der Waals surface area contributed by atoms with E-state index in [1.165, 1.54) is 7.11 Å². The molecule has 13 atom stereocenters. The van der Waals surface area contributed by atoms with Gasteiger partial charge in [0.05, 0.1) is 39.4 Å². The number of aliphatic hydroxyl groups excluding tert-OH is 1. The number of carbonyl (C=O) groups is 2. The van der Waals surface area contributed by atoms with E-state index in [4.69, 9.17) is 18.9 Å². The zero-order valence-electron chi connectivity index (χ0n) is 36.9. The summed E-state index contributed by atoms with van der Waals surface area (Å²) < 4.78 is 24.7. The summed E-state index contributed by atoms with van der Waals surface area (Å²) in [7, 11) is 4.93. The van der Waals surface area contributed by atoms with Gasteiger partial charge in [-0.3, -0.25) is 9.69 Å². The normalized spacial score (nSPS) is 41.3. The lowest BCUT2D eigenvalue weighted by Crippen LogP contribution is -2.80. The summed E-state index contributed by atoms with van der Waals surface area (Å²) in [6.07, 6.45) is 4.96. The summed E-state index contributed by atoms with van der Waals surface area (Å²) in [6, 6.07) is 19.8. The lowest BCUT2D eigenvalue weighted by molar-refractivity contribution is -0.890. The Balaban J connectivity index is 1.14. The van der Waals surface area contributed by atoms with Gasteiger partial charge in [-0.25, -0.2) is 4.79 Å². The minimum Gasteiger partial charge on any atom is -0.633 e. The van der Waals surface area contributed by atoms with Crippen molar-refractivity contribution < 1.29 is 43.4 Å². The number of nitrogens with zero attached hydrogens (tertiary/aromatic N) is 3. The van der Waals surface area contributed by atoms with Crippen LogP contribution in [-0.2, 0) is 41.2 Å². The first-order chi connectivity index (χ1) is 30.3. The van der Waals surface area contributed by atoms with Gasteiger partial charge in [0, 0.05) is 71.7 Å². The first-order valence-electron chi connectivity index (χ1n) is 23.0. The van der Waals surface area contributed by atoms with Crippen molar-refractivity contribution in [3.8, 4) is 5.75 Å². The summed E-state index contributed by atoms with van der Waals surface area (Å²) in [5, 5.41) is 45.1. The largest absolute Gasteiger partial charge is 0.633 e. The molecule has 0 amide bonds. The molecule has 1 saturated carbocycles. The van der Waals surface area contributed by atoms with Gasteiger partial charge in [-0.15, -0.1) is 0 Å². The van der Waals surface area contributed by atoms with Crippen molar-refractivity contribution in [3.63, 3.8) is 0 Å². The first-order valence-corrected chi connectivity index (χ1v) is 23.0. The average Bonchev–Trinajstić information content (AvgIpc) is 3.57. The molecule has 11 rings (SSSR count). The number of piperidine rings is 1. The molecule has 0 aromatic heterocycles. The van der Waals surface area contributed by atoms with Crippen LogP contribution in [0.4, 0.5) is 11.4 Å². The van der Waals surface area contributed by atoms with Crippen molar-refractivity contribution in [1.82, 2.24) is 4.90 Å². The van der Waals surface area contributed by atoms with Crippen LogP contribution in [-0.4, -0.2) is 127 Å². The number of anilines is 2. The third kappa shape index (κ3) is 5.26. The molecular weight excluding hydrogens is 801 g/mol. The van der Waals surface area contributed by atoms with E-state index in [1.807, 2.05) is 79.5 Å². The number of likely N-dealkylation sites (N-methyl/N-ethyl adjacent to an activating group) is 1. The van der Waals surface area contributed by atoms with Crippen molar-refractivity contribution in [3.05, 3.63) is 106 Å². The maximum atomic E-state index is 15.5. The van der Waals surface area contributed by atoms with E-state index in [1.54, 1.807) is 7.11 Å². The van der Waals surface area contributed by atoms with Crippen LogP contribution in [0.25, 0.3) is 0 Å². The molecule has 5 fully saturated rings. The van der Waals surface area contributed by atoms with Crippen LogP contribution in [0.5, 0.6) is 5.75 Å². The Morgan fingerprint density at radius 2 is 1.79 bits per heavy atom. The number of aliphatic hydroxyl groups is 2. The summed E-state index contributed by atoms with van der Waals surface area (Å²) in [5.41, 5.74) is -1.22. The SMILES string of the molecule is CCC12C[N+]3([O-])CCC4c5ccccc5NC4[C@@](C(=O)OC)(c4cc5c(cc4OC)N(C)[C@@H]4[C@](O)(C(=O)OCc6ccccc6)[C@@H](O)[C@@]6(CC)C=CCN7CC[C@@]54[C@H]76)CC(C3)C1O2. The van der Waals surface area contributed by atoms with Gasteiger partial charge >= 0.3 is 11.9 Å². The Morgan fingerprint density at radius 3 is 2.54 bits per heavy atom. The summed E-state index contributed by atoms with van der Waals surface area (Å²) in [4.78, 5) is 34.7. The van der Waals surface area contributed by atoms with Gasteiger partial charge in [0.15, 0.2) is 0 Å². The molecule has 13 heteroatoms. The molecule has 4 saturated heterocycles. The number of epoxide rings is 1. The lowest BCUT2D eigenvalue weighted by atomic mass is 9.47. The number of nitrogens with one attached hydrogen (secondary N) is 1. The second-order valence-electron chi connectivity index (χ2n) is 20.0. The molecule has 3 aromatic carbocycles. The van der Waals surface area contributed by atoms with Crippen molar-refractivity contribution in [2.24, 2.45) is 11.3 Å². The van der Waals surface area contributed by atoms with Gasteiger partial charge < -0.3 is 49.2 Å². The number of hydrogen-bond donors (Lipinski definition) is 3. The van der Waals surface area contributed by atoms with Crippen molar-refractivity contribution in [2.75, 3.05) is 64.2 Å². The lowest BCUT2D eigenvalue weighted by Gasteiger charge is -2.63. The minimum absolute atomic E-state index is 0.0677. The minimum atomic E-state index is -2.37. The molecular formula is C50H60N4O9. The number of quaternary nitrogens is 1. The van der Waals surface area contributed by atoms with Gasteiger partial charge in [-0.05, 0) is 61.1 Å². The van der Waals surface area contributed by atoms with E-state index in [0.29, 0.717) is 69.7 Å². The van der Waals surface area contributed by atoms with E-state index in [2.05, 4.69) is 35.3 Å². The van der Waals surface area contributed by atoms with Crippen LogP contribution in [0.2, 0.25) is 0 Å². The number of benzene rings is 3. The molecule has 3 N–H and O–H groups in total. The Kier molecular flexibility index (Phi) is 9.16. The summed E-state index contributed by atoms with van der Waals surface area (Å²) in [5.74, 6) is -1.31. The highest BCUT2D eigenvalue weighted by Gasteiger charge is 2.79. The molecule has 1 spiro atoms. The first kappa shape index (κ1) is 41.2. The fourth-order valence-corrected chi connectivity index (χ4v) is 15.0. The fraction of sp³-hybridized carbons (Fsp3) is 0.560. The molecule has 7 heterocycles. The molecule has 7 aliphatic heterocycles. The van der Waals surface area contributed by atoms with Gasteiger partial charge in [-0.2, -0.15) is 0 Å². The Labute approximate surface area is 369 Å². The second-order valence-corrected chi connectivity index (χ2v) is 20.0. The van der Waals surface area contributed by atoms with E-state index in [-0.39, 0.29) is 41.7 Å². The highest BCUT2D eigenvalue weighted by Crippen LogP contribution is 2.68. The third-order valence-corrected chi connectivity index (χ3v) is 17.6. The Hall–Kier alpha value is -4.50.